The molecule has 0 aliphatic rings. The Morgan fingerprint density at radius 1 is 0.360 bits per heavy atom. The number of hydrogen-bond acceptors (Lipinski definition) is 5. The predicted octanol–water partition coefficient (Wildman–Crippen LogP) is 21.8. The Hall–Kier alpha value is -1.66. The number of aliphatic hydroxyl groups is 2. The Balaban J connectivity index is 3.40. The van der Waals surface area contributed by atoms with Crippen LogP contribution in [0.2, 0.25) is 0 Å². The molecule has 0 aliphatic heterocycles. The molecule has 2 unspecified atom stereocenters. The highest BCUT2D eigenvalue weighted by atomic mass is 16.5. The van der Waals surface area contributed by atoms with E-state index in [9.17, 15) is 19.8 Å². The van der Waals surface area contributed by atoms with Crippen molar-refractivity contribution >= 4 is 11.9 Å². The molecule has 3 N–H and O–H groups in total. The average molecular weight is 1060 g/mol. The molecule has 0 fully saturated rings. The van der Waals surface area contributed by atoms with E-state index in [2.05, 4.69) is 43.5 Å². The number of nitrogens with one attached hydrogen (secondary N) is 1. The predicted molar refractivity (Wildman–Crippen MR) is 329 cm³/mol. The third kappa shape index (κ3) is 61.4. The average Bonchev–Trinajstić information content (AvgIpc) is 3.41. The van der Waals surface area contributed by atoms with Gasteiger partial charge in [0.15, 0.2) is 0 Å². The molecule has 6 nitrogen and oxygen atoms in total. The van der Waals surface area contributed by atoms with Gasteiger partial charge in [-0.15, -0.1) is 0 Å². The van der Waals surface area contributed by atoms with Crippen LogP contribution in [0.5, 0.6) is 0 Å². The minimum atomic E-state index is -0.667. The maximum Gasteiger partial charge on any atom is 0.305 e. The summed E-state index contributed by atoms with van der Waals surface area (Å²) in [6, 6.07) is -0.545. The quantitative estimate of drug-likeness (QED) is 0.0320. The van der Waals surface area contributed by atoms with Crippen molar-refractivity contribution in [3.63, 3.8) is 0 Å². The van der Waals surface area contributed by atoms with Gasteiger partial charge >= 0.3 is 5.97 Å². The molecule has 0 heterocycles. The van der Waals surface area contributed by atoms with Gasteiger partial charge in [0.05, 0.1) is 25.4 Å². The van der Waals surface area contributed by atoms with Crippen LogP contribution in [0.1, 0.15) is 380 Å². The van der Waals surface area contributed by atoms with Crippen molar-refractivity contribution in [2.75, 3.05) is 13.2 Å². The van der Waals surface area contributed by atoms with Crippen molar-refractivity contribution in [2.24, 2.45) is 0 Å². The van der Waals surface area contributed by atoms with E-state index < -0.39 is 12.1 Å². The van der Waals surface area contributed by atoms with E-state index in [1.807, 2.05) is 0 Å². The first-order valence-corrected chi connectivity index (χ1v) is 34.1. The summed E-state index contributed by atoms with van der Waals surface area (Å²) in [5, 5.41) is 23.4. The van der Waals surface area contributed by atoms with Gasteiger partial charge < -0.3 is 20.3 Å². The lowest BCUT2D eigenvalue weighted by atomic mass is 10.0. The van der Waals surface area contributed by atoms with Gasteiger partial charge in [-0.3, -0.25) is 9.59 Å². The van der Waals surface area contributed by atoms with Gasteiger partial charge in [0.2, 0.25) is 5.91 Å². The smallest absolute Gasteiger partial charge is 0.305 e. The lowest BCUT2D eigenvalue weighted by Crippen LogP contribution is -2.45. The summed E-state index contributed by atoms with van der Waals surface area (Å²) in [7, 11) is 0. The molecule has 0 aromatic heterocycles. The monoisotopic (exact) mass is 1060 g/mol. The Bertz CT molecular complexity index is 1170. The summed E-state index contributed by atoms with van der Waals surface area (Å²) in [4.78, 5) is 24.5. The number of aliphatic hydroxyl groups excluding tert-OH is 2. The van der Waals surface area contributed by atoms with Gasteiger partial charge in [-0.2, -0.15) is 0 Å². The van der Waals surface area contributed by atoms with Gasteiger partial charge in [-0.25, -0.2) is 0 Å². The van der Waals surface area contributed by atoms with Crippen LogP contribution in [0.4, 0.5) is 0 Å². The van der Waals surface area contributed by atoms with Crippen LogP contribution in [0.15, 0.2) is 24.3 Å². The standard InChI is InChI=1S/C69H133NO5/c1-3-5-7-9-11-13-15-16-17-18-19-20-26-29-32-35-38-42-45-49-53-57-61-67(72)66(65-71)70-68(73)62-58-54-50-46-43-39-36-33-30-27-24-22-21-23-25-28-31-34-37-40-44-48-52-56-60-64-75-69(74)63-59-55-51-47-41-14-12-10-8-6-4-2/h10,12,22,24,66-67,71-72H,3-9,11,13-21,23,25-65H2,1-2H3,(H,70,73)/b12-10-,24-22-. The van der Waals surface area contributed by atoms with Crippen LogP contribution in [-0.4, -0.2) is 47.4 Å². The largest absolute Gasteiger partial charge is 0.466 e. The SMILES string of the molecule is CCCC/C=C\CCCCCCCC(=O)OCCCCCCCCCCCCCC/C=C\CCCCCCCCCCCC(=O)NC(CO)C(O)CCCCCCCCCCCCCCCCCCCCCCCC. The van der Waals surface area contributed by atoms with E-state index in [1.54, 1.807) is 0 Å². The summed E-state index contributed by atoms with van der Waals surface area (Å²) < 4.78 is 5.46. The van der Waals surface area contributed by atoms with E-state index in [0.29, 0.717) is 25.9 Å². The van der Waals surface area contributed by atoms with Crippen LogP contribution in [0.3, 0.4) is 0 Å². The summed E-state index contributed by atoms with van der Waals surface area (Å²) in [6.07, 6.45) is 80.7. The fourth-order valence-corrected chi connectivity index (χ4v) is 10.7. The molecule has 0 bridgehead atoms. The van der Waals surface area contributed by atoms with Crippen molar-refractivity contribution in [1.82, 2.24) is 5.32 Å². The van der Waals surface area contributed by atoms with E-state index in [-0.39, 0.29) is 18.5 Å². The van der Waals surface area contributed by atoms with Gasteiger partial charge in [-0.05, 0) is 70.6 Å². The second-order valence-electron chi connectivity index (χ2n) is 23.5. The van der Waals surface area contributed by atoms with Gasteiger partial charge in [0.1, 0.15) is 0 Å². The van der Waals surface area contributed by atoms with E-state index in [0.717, 1.165) is 44.9 Å². The summed E-state index contributed by atoms with van der Waals surface area (Å²) in [6.45, 7) is 4.94. The number of ether oxygens (including phenoxy) is 1. The Morgan fingerprint density at radius 2 is 0.640 bits per heavy atom. The van der Waals surface area contributed by atoms with E-state index in [1.165, 1.54) is 302 Å². The van der Waals surface area contributed by atoms with Crippen molar-refractivity contribution in [2.45, 2.75) is 392 Å². The number of hydrogen-bond donors (Lipinski definition) is 3. The molecule has 0 saturated carbocycles. The molecule has 1 amide bonds. The maximum absolute atomic E-state index is 12.5. The fourth-order valence-electron chi connectivity index (χ4n) is 10.7. The third-order valence-electron chi connectivity index (χ3n) is 16.0. The molecule has 0 radical (unpaired) electrons. The number of carbonyl (C=O) groups is 2. The normalized spacial score (nSPS) is 12.6. The topological polar surface area (TPSA) is 95.9 Å². The molecule has 0 spiro atoms. The molecule has 75 heavy (non-hydrogen) atoms. The van der Waals surface area contributed by atoms with E-state index in [4.69, 9.17) is 4.74 Å². The highest BCUT2D eigenvalue weighted by Gasteiger charge is 2.20. The van der Waals surface area contributed by atoms with Crippen LogP contribution >= 0.6 is 0 Å². The van der Waals surface area contributed by atoms with Gasteiger partial charge in [-0.1, -0.05) is 321 Å². The van der Waals surface area contributed by atoms with Crippen LogP contribution in [0.25, 0.3) is 0 Å². The number of rotatable bonds is 64. The molecule has 0 aromatic carbocycles. The number of carbonyl (C=O) groups excluding carboxylic acids is 2. The lowest BCUT2D eigenvalue weighted by molar-refractivity contribution is -0.143. The number of allylic oxidation sites excluding steroid dienone is 4. The minimum absolute atomic E-state index is 0.00297. The molecular formula is C69H133NO5. The van der Waals surface area contributed by atoms with Crippen molar-refractivity contribution in [1.29, 1.82) is 0 Å². The highest BCUT2D eigenvalue weighted by molar-refractivity contribution is 5.76. The van der Waals surface area contributed by atoms with Crippen LogP contribution < -0.4 is 5.32 Å². The van der Waals surface area contributed by atoms with Crippen molar-refractivity contribution < 1.29 is 24.5 Å². The highest BCUT2D eigenvalue weighted by Crippen LogP contribution is 2.19. The zero-order chi connectivity index (χ0) is 54.3. The van der Waals surface area contributed by atoms with Gasteiger partial charge in [0.25, 0.3) is 0 Å². The maximum atomic E-state index is 12.5. The van der Waals surface area contributed by atoms with Crippen molar-refractivity contribution in [3.8, 4) is 0 Å². The van der Waals surface area contributed by atoms with E-state index >= 15 is 0 Å². The first-order chi connectivity index (χ1) is 37.0. The molecule has 0 saturated heterocycles. The zero-order valence-electron chi connectivity index (χ0n) is 50.8. The minimum Gasteiger partial charge on any atom is -0.466 e. The molecule has 0 aliphatic carbocycles. The molecule has 6 heteroatoms. The Labute approximate surface area is 469 Å². The first kappa shape index (κ1) is 73.3. The molecule has 2 atom stereocenters. The number of esters is 1. The van der Waals surface area contributed by atoms with Crippen LogP contribution in [0, 0.1) is 0 Å². The zero-order valence-corrected chi connectivity index (χ0v) is 50.8. The molecule has 0 rings (SSSR count). The molecule has 444 valence electrons. The number of amides is 1. The molecular weight excluding hydrogens is 923 g/mol. The van der Waals surface area contributed by atoms with Gasteiger partial charge in [0, 0.05) is 12.8 Å². The third-order valence-corrected chi connectivity index (χ3v) is 16.0. The Morgan fingerprint density at radius 3 is 0.987 bits per heavy atom. The summed E-state index contributed by atoms with van der Waals surface area (Å²) >= 11 is 0. The second kappa shape index (κ2) is 64.9. The van der Waals surface area contributed by atoms with Crippen LogP contribution in [-0.2, 0) is 14.3 Å². The summed E-state index contributed by atoms with van der Waals surface area (Å²) in [5.74, 6) is -0.0309. The number of unbranched alkanes of at least 4 members (excludes halogenated alkanes) is 49. The first-order valence-electron chi connectivity index (χ1n) is 34.1. The summed E-state index contributed by atoms with van der Waals surface area (Å²) in [5.41, 5.74) is 0. The molecule has 0 aromatic rings. The fraction of sp³-hybridized carbons (Fsp3) is 0.913. The second-order valence-corrected chi connectivity index (χ2v) is 23.5. The lowest BCUT2D eigenvalue weighted by Gasteiger charge is -2.22. The van der Waals surface area contributed by atoms with Crippen molar-refractivity contribution in [3.05, 3.63) is 24.3 Å². The Kier molecular flexibility index (Phi) is 63.4.